The van der Waals surface area contributed by atoms with Gasteiger partial charge in [0.15, 0.2) is 0 Å². The molecular weight excluding hydrogens is 305 g/mol. The van der Waals surface area contributed by atoms with Crippen LogP contribution in [-0.2, 0) is 4.79 Å². The zero-order valence-electron chi connectivity index (χ0n) is 12.9. The highest BCUT2D eigenvalue weighted by molar-refractivity contribution is 8.00. The van der Waals surface area contributed by atoms with E-state index >= 15 is 0 Å². The highest BCUT2D eigenvalue weighted by Gasteiger charge is 2.22. The lowest BCUT2D eigenvalue weighted by Crippen LogP contribution is -2.44. The van der Waals surface area contributed by atoms with Gasteiger partial charge in [-0.05, 0) is 39.8 Å². The average Bonchev–Trinajstić information content (AvgIpc) is 2.85. The van der Waals surface area contributed by atoms with E-state index in [9.17, 15) is 9.18 Å². The number of nitrogens with zero attached hydrogens (tertiary/aromatic N) is 2. The van der Waals surface area contributed by atoms with E-state index in [1.807, 2.05) is 20.8 Å². The number of amides is 1. The van der Waals surface area contributed by atoms with Crippen molar-refractivity contribution in [3.8, 4) is 11.5 Å². The molecular formula is C15H18FN3O2S. The summed E-state index contributed by atoms with van der Waals surface area (Å²) >= 11 is 1.14. The van der Waals surface area contributed by atoms with Gasteiger partial charge in [0.25, 0.3) is 11.1 Å². The molecule has 0 aliphatic carbocycles. The molecule has 22 heavy (non-hydrogen) atoms. The molecule has 0 unspecified atom stereocenters. The Labute approximate surface area is 132 Å². The molecule has 0 saturated carbocycles. The number of nitrogens with one attached hydrogen (secondary N) is 1. The molecule has 1 atom stereocenters. The number of aromatic nitrogens is 2. The average molecular weight is 323 g/mol. The van der Waals surface area contributed by atoms with Gasteiger partial charge >= 0.3 is 0 Å². The number of hydrogen-bond donors (Lipinski definition) is 1. The minimum atomic E-state index is -0.429. The Morgan fingerprint density at radius 3 is 2.64 bits per heavy atom. The van der Waals surface area contributed by atoms with Crippen molar-refractivity contribution in [1.29, 1.82) is 0 Å². The van der Waals surface area contributed by atoms with Gasteiger partial charge in [-0.3, -0.25) is 4.79 Å². The summed E-state index contributed by atoms with van der Waals surface area (Å²) in [5, 5.41) is 10.4. The highest BCUT2D eigenvalue weighted by atomic mass is 32.2. The normalized spacial score (nSPS) is 13.0. The van der Waals surface area contributed by atoms with Crippen LogP contribution in [0, 0.1) is 5.82 Å². The van der Waals surface area contributed by atoms with E-state index in [0.717, 1.165) is 11.8 Å². The van der Waals surface area contributed by atoms with Gasteiger partial charge in [0.1, 0.15) is 5.82 Å². The standard InChI is InChI=1S/C15H18FN3O2S/c1-9(12(20)17-15(2,3)4)22-14-19-18-13(21-14)10-7-5-6-8-11(10)16/h5-9H,1-4H3,(H,17,20)/t9-/m0/s1. The highest BCUT2D eigenvalue weighted by Crippen LogP contribution is 2.27. The quantitative estimate of drug-likeness (QED) is 0.875. The number of halogens is 1. The molecule has 1 N–H and O–H groups in total. The van der Waals surface area contributed by atoms with E-state index in [2.05, 4.69) is 15.5 Å². The van der Waals surface area contributed by atoms with Crippen molar-refractivity contribution < 1.29 is 13.6 Å². The van der Waals surface area contributed by atoms with E-state index in [1.54, 1.807) is 25.1 Å². The van der Waals surface area contributed by atoms with E-state index in [1.165, 1.54) is 6.07 Å². The summed E-state index contributed by atoms with van der Waals surface area (Å²) in [5.74, 6) is -0.451. The number of rotatable bonds is 4. The molecule has 0 aliphatic heterocycles. The second-order valence-electron chi connectivity index (χ2n) is 5.85. The fourth-order valence-electron chi connectivity index (χ4n) is 1.68. The SMILES string of the molecule is C[C@H](Sc1nnc(-c2ccccc2F)o1)C(=O)NC(C)(C)C. The molecule has 0 radical (unpaired) electrons. The van der Waals surface area contributed by atoms with Gasteiger partial charge in [-0.1, -0.05) is 23.9 Å². The Bertz CT molecular complexity index is 667. The third-order valence-electron chi connectivity index (χ3n) is 2.66. The lowest BCUT2D eigenvalue weighted by molar-refractivity contribution is -0.121. The van der Waals surface area contributed by atoms with Crippen molar-refractivity contribution in [3.05, 3.63) is 30.1 Å². The number of carbonyl (C=O) groups is 1. The number of benzene rings is 1. The zero-order chi connectivity index (χ0) is 16.3. The van der Waals surface area contributed by atoms with Crippen LogP contribution in [0.1, 0.15) is 27.7 Å². The molecule has 0 bridgehead atoms. The van der Waals surface area contributed by atoms with Crippen molar-refractivity contribution in [3.63, 3.8) is 0 Å². The first-order chi connectivity index (χ1) is 10.3. The second-order valence-corrected chi connectivity index (χ2v) is 7.14. The maximum absolute atomic E-state index is 13.7. The zero-order valence-corrected chi connectivity index (χ0v) is 13.7. The van der Waals surface area contributed by atoms with Gasteiger partial charge in [-0.25, -0.2) is 4.39 Å². The Morgan fingerprint density at radius 2 is 2.00 bits per heavy atom. The van der Waals surface area contributed by atoms with Crippen molar-refractivity contribution in [2.45, 2.75) is 43.7 Å². The summed E-state index contributed by atoms with van der Waals surface area (Å²) in [6.07, 6.45) is 0. The second kappa shape index (κ2) is 6.48. The molecule has 0 aliphatic rings. The predicted octanol–water partition coefficient (Wildman–Crippen LogP) is 3.27. The molecule has 0 spiro atoms. The van der Waals surface area contributed by atoms with Crippen LogP contribution in [0.3, 0.4) is 0 Å². The first-order valence-electron chi connectivity index (χ1n) is 6.83. The molecule has 118 valence electrons. The van der Waals surface area contributed by atoms with Gasteiger partial charge in [-0.15, -0.1) is 10.2 Å². The van der Waals surface area contributed by atoms with Crippen molar-refractivity contribution in [2.75, 3.05) is 0 Å². The summed E-state index contributed by atoms with van der Waals surface area (Å²) in [5.41, 5.74) is -0.0624. The molecule has 1 heterocycles. The molecule has 7 heteroatoms. The lowest BCUT2D eigenvalue weighted by atomic mass is 10.1. The topological polar surface area (TPSA) is 68.0 Å². The minimum Gasteiger partial charge on any atom is -0.411 e. The Hall–Kier alpha value is -1.89. The first kappa shape index (κ1) is 16.5. The third kappa shape index (κ3) is 4.30. The molecule has 2 rings (SSSR count). The minimum absolute atomic E-state index is 0.101. The Balaban J connectivity index is 2.06. The summed E-state index contributed by atoms with van der Waals surface area (Å²) in [7, 11) is 0. The fourth-order valence-corrected chi connectivity index (χ4v) is 2.36. The first-order valence-corrected chi connectivity index (χ1v) is 7.71. The molecule has 0 fully saturated rings. The van der Waals surface area contributed by atoms with Crippen molar-refractivity contribution in [2.24, 2.45) is 0 Å². The van der Waals surface area contributed by atoms with Crippen LogP contribution < -0.4 is 5.32 Å². The van der Waals surface area contributed by atoms with Crippen LogP contribution >= 0.6 is 11.8 Å². The van der Waals surface area contributed by atoms with Crippen LogP contribution in [-0.4, -0.2) is 26.9 Å². The van der Waals surface area contributed by atoms with E-state index in [4.69, 9.17) is 4.42 Å². The summed E-state index contributed by atoms with van der Waals surface area (Å²) in [4.78, 5) is 12.0. The van der Waals surface area contributed by atoms with Gasteiger partial charge < -0.3 is 9.73 Å². The maximum atomic E-state index is 13.7. The van der Waals surface area contributed by atoms with Gasteiger partial charge in [0.2, 0.25) is 5.91 Å². The van der Waals surface area contributed by atoms with Gasteiger partial charge in [0.05, 0.1) is 10.8 Å². The third-order valence-corrected chi connectivity index (χ3v) is 3.59. The molecule has 1 aromatic heterocycles. The fraction of sp³-hybridized carbons (Fsp3) is 0.400. The Morgan fingerprint density at radius 1 is 1.32 bits per heavy atom. The van der Waals surface area contributed by atoms with Crippen molar-refractivity contribution in [1.82, 2.24) is 15.5 Å². The van der Waals surface area contributed by atoms with E-state index < -0.39 is 11.1 Å². The molecule has 1 aromatic carbocycles. The van der Waals surface area contributed by atoms with Crippen LogP contribution in [0.15, 0.2) is 33.9 Å². The Kier molecular flexibility index (Phi) is 4.85. The molecule has 5 nitrogen and oxygen atoms in total. The van der Waals surface area contributed by atoms with E-state index in [-0.39, 0.29) is 28.1 Å². The number of thioether (sulfide) groups is 1. The van der Waals surface area contributed by atoms with Gasteiger partial charge in [-0.2, -0.15) is 0 Å². The maximum Gasteiger partial charge on any atom is 0.277 e. The number of carbonyl (C=O) groups excluding carboxylic acids is 1. The largest absolute Gasteiger partial charge is 0.411 e. The van der Waals surface area contributed by atoms with Crippen molar-refractivity contribution >= 4 is 17.7 Å². The van der Waals surface area contributed by atoms with E-state index in [0.29, 0.717) is 0 Å². The summed E-state index contributed by atoms with van der Waals surface area (Å²) < 4.78 is 19.1. The predicted molar refractivity (Wildman–Crippen MR) is 82.9 cm³/mol. The van der Waals surface area contributed by atoms with Crippen LogP contribution in [0.5, 0.6) is 0 Å². The smallest absolute Gasteiger partial charge is 0.277 e. The molecule has 0 saturated heterocycles. The van der Waals surface area contributed by atoms with Gasteiger partial charge in [0, 0.05) is 5.54 Å². The lowest BCUT2D eigenvalue weighted by Gasteiger charge is -2.22. The van der Waals surface area contributed by atoms with Crippen LogP contribution in [0.2, 0.25) is 0 Å². The molecule has 2 aromatic rings. The summed E-state index contributed by atoms with van der Waals surface area (Å²) in [6.45, 7) is 7.47. The monoisotopic (exact) mass is 323 g/mol. The van der Waals surface area contributed by atoms with Crippen LogP contribution in [0.25, 0.3) is 11.5 Å². The summed E-state index contributed by atoms with van der Waals surface area (Å²) in [6, 6.07) is 6.16. The molecule has 1 amide bonds. The van der Waals surface area contributed by atoms with Crippen LogP contribution in [0.4, 0.5) is 4.39 Å². The number of hydrogen-bond acceptors (Lipinski definition) is 5.